The predicted octanol–water partition coefficient (Wildman–Crippen LogP) is 0.407. The van der Waals surface area contributed by atoms with Gasteiger partial charge in [-0.25, -0.2) is 9.59 Å². The van der Waals surface area contributed by atoms with Crippen LogP contribution in [0, 0.1) is 0 Å². The molecule has 1 saturated heterocycles. The van der Waals surface area contributed by atoms with Gasteiger partial charge in [0, 0.05) is 24.3 Å². The van der Waals surface area contributed by atoms with Crippen LogP contribution < -0.4 is 10.6 Å². The van der Waals surface area contributed by atoms with Gasteiger partial charge in [-0.2, -0.15) is 11.8 Å². The summed E-state index contributed by atoms with van der Waals surface area (Å²) < 4.78 is 0.0486. The van der Waals surface area contributed by atoms with Crippen molar-refractivity contribution in [2.75, 3.05) is 18.9 Å². The molecule has 1 rings (SSSR count). The number of hydrogen-bond donors (Lipinski definition) is 4. The number of aliphatic hydroxyl groups excluding tert-OH is 1. The van der Waals surface area contributed by atoms with E-state index in [0.717, 1.165) is 18.6 Å². The standard InChI is InChI=1S/C11H20N2O4S/c1-11(4-2-6-18-11)7-12-10(17)13-8(3-5-14)9(15)16/h8,14H,2-7H2,1H3,(H,15,16)(H2,12,13,17). The molecular formula is C11H20N2O4S. The highest BCUT2D eigenvalue weighted by atomic mass is 32.2. The quantitative estimate of drug-likeness (QED) is 0.563. The molecule has 0 spiro atoms. The number of carboxylic acids is 1. The number of carboxylic acid groups (broad SMARTS) is 1. The van der Waals surface area contributed by atoms with Crippen molar-refractivity contribution in [2.45, 2.75) is 37.0 Å². The molecule has 2 amide bonds. The summed E-state index contributed by atoms with van der Waals surface area (Å²) in [6, 6.07) is -1.54. The second-order valence-corrected chi connectivity index (χ2v) is 6.31. The molecule has 1 aliphatic heterocycles. The topological polar surface area (TPSA) is 98.7 Å². The number of amides is 2. The Morgan fingerprint density at radius 1 is 1.50 bits per heavy atom. The fraction of sp³-hybridized carbons (Fsp3) is 0.818. The van der Waals surface area contributed by atoms with Crippen molar-refractivity contribution in [1.29, 1.82) is 0 Å². The molecule has 1 aliphatic rings. The molecule has 4 N–H and O–H groups in total. The SMILES string of the molecule is CC1(CNC(=O)NC(CCO)C(=O)O)CCCS1. The molecule has 7 heteroatoms. The minimum atomic E-state index is -1.14. The van der Waals surface area contributed by atoms with Gasteiger partial charge in [-0.05, 0) is 25.5 Å². The van der Waals surface area contributed by atoms with Gasteiger partial charge < -0.3 is 20.8 Å². The minimum Gasteiger partial charge on any atom is -0.480 e. The van der Waals surface area contributed by atoms with Crippen molar-refractivity contribution in [1.82, 2.24) is 10.6 Å². The number of urea groups is 1. The first-order valence-electron chi connectivity index (χ1n) is 5.99. The smallest absolute Gasteiger partial charge is 0.326 e. The number of aliphatic carboxylic acids is 1. The van der Waals surface area contributed by atoms with E-state index in [4.69, 9.17) is 10.2 Å². The number of carbonyl (C=O) groups is 2. The van der Waals surface area contributed by atoms with Crippen LogP contribution in [0.1, 0.15) is 26.2 Å². The highest BCUT2D eigenvalue weighted by Crippen LogP contribution is 2.36. The highest BCUT2D eigenvalue weighted by molar-refractivity contribution is 8.00. The monoisotopic (exact) mass is 276 g/mol. The third-order valence-corrected chi connectivity index (χ3v) is 4.48. The minimum absolute atomic E-state index is 0.00870. The van der Waals surface area contributed by atoms with Crippen LogP contribution in [0.15, 0.2) is 0 Å². The molecule has 2 unspecified atom stereocenters. The van der Waals surface area contributed by atoms with E-state index in [-0.39, 0.29) is 17.8 Å². The summed E-state index contributed by atoms with van der Waals surface area (Å²) >= 11 is 1.82. The van der Waals surface area contributed by atoms with E-state index < -0.39 is 18.0 Å². The van der Waals surface area contributed by atoms with Crippen LogP contribution in [0.25, 0.3) is 0 Å². The largest absolute Gasteiger partial charge is 0.480 e. The lowest BCUT2D eigenvalue weighted by Gasteiger charge is -2.23. The number of thioether (sulfide) groups is 1. The lowest BCUT2D eigenvalue weighted by atomic mass is 10.1. The summed E-state index contributed by atoms with van der Waals surface area (Å²) in [5, 5.41) is 22.6. The number of carbonyl (C=O) groups excluding carboxylic acids is 1. The molecule has 0 aromatic rings. The van der Waals surface area contributed by atoms with Crippen LogP contribution in [0.5, 0.6) is 0 Å². The van der Waals surface area contributed by atoms with Gasteiger partial charge >= 0.3 is 12.0 Å². The molecule has 0 aromatic carbocycles. The maximum Gasteiger partial charge on any atom is 0.326 e. The van der Waals surface area contributed by atoms with E-state index >= 15 is 0 Å². The van der Waals surface area contributed by atoms with Gasteiger partial charge in [-0.3, -0.25) is 0 Å². The normalized spacial score (nSPS) is 24.6. The van der Waals surface area contributed by atoms with Crippen LogP contribution >= 0.6 is 11.8 Å². The molecule has 1 heterocycles. The van der Waals surface area contributed by atoms with Gasteiger partial charge in [0.25, 0.3) is 0 Å². The number of nitrogens with one attached hydrogen (secondary N) is 2. The first-order valence-corrected chi connectivity index (χ1v) is 6.97. The lowest BCUT2D eigenvalue weighted by molar-refractivity contribution is -0.139. The van der Waals surface area contributed by atoms with Crippen LogP contribution in [0.3, 0.4) is 0 Å². The molecule has 0 radical (unpaired) electrons. The Kier molecular flexibility index (Phi) is 5.74. The summed E-state index contributed by atoms with van der Waals surface area (Å²) in [6.45, 7) is 2.34. The number of rotatable bonds is 6. The molecule has 0 aromatic heterocycles. The van der Waals surface area contributed by atoms with E-state index in [2.05, 4.69) is 17.6 Å². The molecule has 18 heavy (non-hydrogen) atoms. The summed E-state index contributed by atoms with van der Waals surface area (Å²) in [5.74, 6) is -0.0390. The zero-order valence-electron chi connectivity index (χ0n) is 10.4. The van der Waals surface area contributed by atoms with Crippen molar-refractivity contribution in [3.63, 3.8) is 0 Å². The zero-order valence-corrected chi connectivity index (χ0v) is 11.3. The van der Waals surface area contributed by atoms with E-state index in [1.807, 2.05) is 11.8 Å². The van der Waals surface area contributed by atoms with Gasteiger partial charge in [-0.15, -0.1) is 0 Å². The Morgan fingerprint density at radius 3 is 2.72 bits per heavy atom. The van der Waals surface area contributed by atoms with Crippen LogP contribution in [-0.2, 0) is 4.79 Å². The summed E-state index contributed by atoms with van der Waals surface area (Å²) in [4.78, 5) is 22.3. The average Bonchev–Trinajstić information content (AvgIpc) is 2.73. The summed E-state index contributed by atoms with van der Waals surface area (Å²) in [7, 11) is 0. The average molecular weight is 276 g/mol. The second-order valence-electron chi connectivity index (χ2n) is 4.63. The van der Waals surface area contributed by atoms with Gasteiger partial charge in [0.15, 0.2) is 0 Å². The first kappa shape index (κ1) is 15.1. The van der Waals surface area contributed by atoms with Crippen LogP contribution in [0.2, 0.25) is 0 Å². The van der Waals surface area contributed by atoms with E-state index in [0.29, 0.717) is 6.54 Å². The summed E-state index contributed by atoms with van der Waals surface area (Å²) in [6.07, 6.45) is 2.21. The molecular weight excluding hydrogens is 256 g/mol. The molecule has 104 valence electrons. The van der Waals surface area contributed by atoms with Gasteiger partial charge in [-0.1, -0.05) is 0 Å². The second kappa shape index (κ2) is 6.84. The lowest BCUT2D eigenvalue weighted by Crippen LogP contribution is -2.49. The fourth-order valence-corrected chi connectivity index (χ4v) is 3.08. The van der Waals surface area contributed by atoms with Crippen molar-refractivity contribution in [3.05, 3.63) is 0 Å². The van der Waals surface area contributed by atoms with Crippen LogP contribution in [-0.4, -0.2) is 51.9 Å². The number of aliphatic hydroxyl groups is 1. The number of hydrogen-bond acceptors (Lipinski definition) is 4. The Labute approximate surface area is 111 Å². The van der Waals surface area contributed by atoms with Gasteiger partial charge in [0.05, 0.1) is 0 Å². The van der Waals surface area contributed by atoms with Crippen molar-refractivity contribution in [3.8, 4) is 0 Å². The Morgan fingerprint density at radius 2 is 2.22 bits per heavy atom. The first-order chi connectivity index (χ1) is 8.47. The Bertz CT molecular complexity index is 305. The Hall–Kier alpha value is -0.950. The maximum absolute atomic E-state index is 11.6. The van der Waals surface area contributed by atoms with E-state index in [1.165, 1.54) is 0 Å². The molecule has 6 nitrogen and oxygen atoms in total. The predicted molar refractivity (Wildman–Crippen MR) is 69.8 cm³/mol. The summed E-state index contributed by atoms with van der Waals surface area (Å²) in [5.41, 5.74) is 0. The van der Waals surface area contributed by atoms with Gasteiger partial charge in [0.2, 0.25) is 0 Å². The highest BCUT2D eigenvalue weighted by Gasteiger charge is 2.30. The van der Waals surface area contributed by atoms with E-state index in [1.54, 1.807) is 0 Å². The fourth-order valence-electron chi connectivity index (χ4n) is 1.84. The molecule has 2 atom stereocenters. The third-order valence-electron chi connectivity index (χ3n) is 2.94. The molecule has 0 saturated carbocycles. The van der Waals surface area contributed by atoms with Crippen molar-refractivity contribution < 1.29 is 19.8 Å². The van der Waals surface area contributed by atoms with Crippen molar-refractivity contribution in [2.24, 2.45) is 0 Å². The van der Waals surface area contributed by atoms with Gasteiger partial charge in [0.1, 0.15) is 6.04 Å². The molecule has 0 aliphatic carbocycles. The maximum atomic E-state index is 11.6. The van der Waals surface area contributed by atoms with Crippen LogP contribution in [0.4, 0.5) is 4.79 Å². The van der Waals surface area contributed by atoms with E-state index in [9.17, 15) is 9.59 Å². The third kappa shape index (κ3) is 4.73. The Balaban J connectivity index is 2.33. The zero-order chi connectivity index (χ0) is 13.6. The molecule has 0 bridgehead atoms. The van der Waals surface area contributed by atoms with Crippen molar-refractivity contribution >= 4 is 23.8 Å². The molecule has 1 fully saturated rings.